The van der Waals surface area contributed by atoms with Gasteiger partial charge < -0.3 is 9.88 Å². The molecule has 0 saturated carbocycles. The number of carbonyl (C=O) groups is 1. The Bertz CT molecular complexity index is 805. The maximum atomic E-state index is 12.0. The van der Waals surface area contributed by atoms with Crippen molar-refractivity contribution in [3.8, 4) is 0 Å². The van der Waals surface area contributed by atoms with Crippen molar-refractivity contribution < 1.29 is 13.2 Å². The first-order valence-corrected chi connectivity index (χ1v) is 8.20. The van der Waals surface area contributed by atoms with Crippen molar-refractivity contribution in [1.82, 2.24) is 23.1 Å². The number of hydrogen-bond acceptors (Lipinski definition) is 4. The highest BCUT2D eigenvalue weighted by Crippen LogP contribution is 2.20. The molecule has 0 saturated heterocycles. The number of carbonyl (C=O) groups excluding carboxylic acids is 1. The molecule has 0 bridgehead atoms. The van der Waals surface area contributed by atoms with Gasteiger partial charge in [-0.2, -0.15) is 12.7 Å². The van der Waals surface area contributed by atoms with Gasteiger partial charge in [0, 0.05) is 39.5 Å². The zero-order valence-electron chi connectivity index (χ0n) is 12.3. The summed E-state index contributed by atoms with van der Waals surface area (Å²) in [5.41, 5.74) is 1.27. The van der Waals surface area contributed by atoms with Crippen LogP contribution in [0, 0.1) is 0 Å². The lowest BCUT2D eigenvalue weighted by atomic mass is 10.1. The fourth-order valence-electron chi connectivity index (χ4n) is 2.48. The topological polar surface area (TPSA) is 89.2 Å². The number of imidazole rings is 1. The SMILES string of the molecule is CN(C)S(=O)(=O)n1cnc(CC2CNC(=O)c3cccn32)c1. The van der Waals surface area contributed by atoms with Gasteiger partial charge in [0.05, 0.1) is 11.7 Å². The fourth-order valence-corrected chi connectivity index (χ4v) is 3.28. The number of hydrogen-bond donors (Lipinski definition) is 1. The van der Waals surface area contributed by atoms with Gasteiger partial charge in [0.2, 0.25) is 0 Å². The van der Waals surface area contributed by atoms with Crippen molar-refractivity contribution >= 4 is 16.1 Å². The number of fused-ring (bicyclic) bond motifs is 1. The van der Waals surface area contributed by atoms with Gasteiger partial charge in [-0.15, -0.1) is 0 Å². The molecule has 0 spiro atoms. The van der Waals surface area contributed by atoms with Gasteiger partial charge in [-0.1, -0.05) is 0 Å². The Balaban J connectivity index is 1.83. The molecular weight excluding hydrogens is 306 g/mol. The van der Waals surface area contributed by atoms with Crippen LogP contribution in [0.3, 0.4) is 0 Å². The molecule has 2 aromatic rings. The Morgan fingerprint density at radius 1 is 1.45 bits per heavy atom. The second-order valence-electron chi connectivity index (χ2n) is 5.35. The number of nitrogens with one attached hydrogen (secondary N) is 1. The summed E-state index contributed by atoms with van der Waals surface area (Å²) in [6, 6.07) is 3.60. The summed E-state index contributed by atoms with van der Waals surface area (Å²) in [4.78, 5) is 15.9. The normalized spacial score (nSPS) is 18.3. The van der Waals surface area contributed by atoms with Crippen molar-refractivity contribution in [1.29, 1.82) is 0 Å². The van der Waals surface area contributed by atoms with Crippen LogP contribution in [-0.4, -0.2) is 52.8 Å². The number of rotatable bonds is 4. The van der Waals surface area contributed by atoms with E-state index in [1.54, 1.807) is 6.07 Å². The molecule has 1 unspecified atom stereocenters. The summed E-state index contributed by atoms with van der Waals surface area (Å²) >= 11 is 0. The summed E-state index contributed by atoms with van der Waals surface area (Å²) in [6.07, 6.45) is 5.20. The van der Waals surface area contributed by atoms with E-state index in [2.05, 4.69) is 10.3 Å². The first-order chi connectivity index (χ1) is 10.4. The molecule has 0 aromatic carbocycles. The Labute approximate surface area is 128 Å². The van der Waals surface area contributed by atoms with E-state index in [4.69, 9.17) is 0 Å². The van der Waals surface area contributed by atoms with Crippen LogP contribution in [0.1, 0.15) is 22.2 Å². The van der Waals surface area contributed by atoms with Gasteiger partial charge >= 0.3 is 10.2 Å². The van der Waals surface area contributed by atoms with Crippen LogP contribution < -0.4 is 5.32 Å². The van der Waals surface area contributed by atoms with Crippen LogP contribution in [0.25, 0.3) is 0 Å². The molecule has 3 heterocycles. The van der Waals surface area contributed by atoms with Crippen LogP contribution in [0.15, 0.2) is 30.9 Å². The molecule has 1 N–H and O–H groups in total. The third kappa shape index (κ3) is 2.42. The third-order valence-corrected chi connectivity index (χ3v) is 5.34. The lowest BCUT2D eigenvalue weighted by Gasteiger charge is -2.25. The zero-order chi connectivity index (χ0) is 15.9. The predicted molar refractivity (Wildman–Crippen MR) is 79.7 cm³/mol. The molecule has 2 aromatic heterocycles. The van der Waals surface area contributed by atoms with Crippen molar-refractivity contribution in [2.45, 2.75) is 12.5 Å². The quantitative estimate of drug-likeness (QED) is 0.848. The van der Waals surface area contributed by atoms with Crippen molar-refractivity contribution in [2.24, 2.45) is 0 Å². The minimum Gasteiger partial charge on any atom is -0.349 e. The van der Waals surface area contributed by atoms with Crippen LogP contribution in [0.2, 0.25) is 0 Å². The number of aromatic nitrogens is 3. The minimum atomic E-state index is -3.54. The summed E-state index contributed by atoms with van der Waals surface area (Å²) in [7, 11) is -0.604. The van der Waals surface area contributed by atoms with Gasteiger partial charge in [0.1, 0.15) is 12.0 Å². The maximum absolute atomic E-state index is 12.0. The molecule has 0 fully saturated rings. The molecule has 3 rings (SSSR count). The fraction of sp³-hybridized carbons (Fsp3) is 0.385. The summed E-state index contributed by atoms with van der Waals surface area (Å²) in [5.74, 6) is -0.0954. The molecule has 0 radical (unpaired) electrons. The van der Waals surface area contributed by atoms with Crippen molar-refractivity contribution in [3.63, 3.8) is 0 Å². The Morgan fingerprint density at radius 2 is 2.23 bits per heavy atom. The van der Waals surface area contributed by atoms with Crippen LogP contribution >= 0.6 is 0 Å². The highest BCUT2D eigenvalue weighted by Gasteiger charge is 2.25. The zero-order valence-corrected chi connectivity index (χ0v) is 13.1. The smallest absolute Gasteiger partial charge is 0.308 e. The maximum Gasteiger partial charge on any atom is 0.308 e. The monoisotopic (exact) mass is 323 g/mol. The van der Waals surface area contributed by atoms with E-state index in [1.165, 1.54) is 26.6 Å². The van der Waals surface area contributed by atoms with E-state index in [-0.39, 0.29) is 11.9 Å². The molecule has 1 aliphatic rings. The van der Waals surface area contributed by atoms with Gasteiger partial charge in [-0.3, -0.25) is 4.79 Å². The van der Waals surface area contributed by atoms with Crippen LogP contribution in [0.5, 0.6) is 0 Å². The summed E-state index contributed by atoms with van der Waals surface area (Å²) < 4.78 is 28.2. The molecule has 22 heavy (non-hydrogen) atoms. The average molecular weight is 323 g/mol. The molecule has 9 heteroatoms. The average Bonchev–Trinajstić information content (AvgIpc) is 3.11. The molecule has 1 aliphatic heterocycles. The lowest BCUT2D eigenvalue weighted by molar-refractivity contribution is 0.0914. The molecular formula is C13H17N5O3S. The summed E-state index contributed by atoms with van der Waals surface area (Å²) in [6.45, 7) is 0.494. The second-order valence-corrected chi connectivity index (χ2v) is 7.40. The number of nitrogens with zero attached hydrogens (tertiary/aromatic N) is 4. The van der Waals surface area contributed by atoms with E-state index in [9.17, 15) is 13.2 Å². The molecule has 118 valence electrons. The first-order valence-electron chi connectivity index (χ1n) is 6.80. The Hall–Kier alpha value is -2.13. The van der Waals surface area contributed by atoms with Crippen LogP contribution in [-0.2, 0) is 16.6 Å². The standard InChI is InChI=1S/C13H17N5O3S/c1-16(2)22(20,21)17-8-10(15-9-17)6-11-7-14-13(19)12-4-3-5-18(11)12/h3-5,8-9,11H,6-7H2,1-2H3,(H,14,19). The van der Waals surface area contributed by atoms with Gasteiger partial charge in [0.15, 0.2) is 0 Å². The molecule has 8 nitrogen and oxygen atoms in total. The molecule has 0 aliphatic carbocycles. The van der Waals surface area contributed by atoms with E-state index in [1.807, 2.05) is 16.8 Å². The summed E-state index contributed by atoms with van der Waals surface area (Å²) in [5, 5.41) is 2.83. The molecule has 1 amide bonds. The Kier molecular flexibility index (Phi) is 3.53. The van der Waals surface area contributed by atoms with E-state index in [0.717, 1.165) is 8.28 Å². The highest BCUT2D eigenvalue weighted by molar-refractivity contribution is 7.87. The van der Waals surface area contributed by atoms with E-state index < -0.39 is 10.2 Å². The third-order valence-electron chi connectivity index (χ3n) is 3.69. The van der Waals surface area contributed by atoms with Gasteiger partial charge in [0.25, 0.3) is 5.91 Å². The van der Waals surface area contributed by atoms with Gasteiger partial charge in [-0.05, 0) is 12.1 Å². The van der Waals surface area contributed by atoms with E-state index >= 15 is 0 Å². The van der Waals surface area contributed by atoms with Gasteiger partial charge in [-0.25, -0.2) is 8.96 Å². The molecule has 1 atom stereocenters. The highest BCUT2D eigenvalue weighted by atomic mass is 32.2. The predicted octanol–water partition coefficient (Wildman–Crippen LogP) is -0.134. The van der Waals surface area contributed by atoms with Crippen LogP contribution in [0.4, 0.5) is 0 Å². The number of amides is 1. The van der Waals surface area contributed by atoms with Crippen molar-refractivity contribution in [2.75, 3.05) is 20.6 Å². The Morgan fingerprint density at radius 3 is 2.95 bits per heavy atom. The lowest BCUT2D eigenvalue weighted by Crippen LogP contribution is -2.39. The minimum absolute atomic E-state index is 0.0214. The first kappa shape index (κ1) is 14.8. The second kappa shape index (κ2) is 5.25. The van der Waals surface area contributed by atoms with E-state index in [0.29, 0.717) is 24.4 Å². The largest absolute Gasteiger partial charge is 0.349 e. The van der Waals surface area contributed by atoms with Crippen molar-refractivity contribution in [3.05, 3.63) is 42.2 Å².